The first-order chi connectivity index (χ1) is 10.6. The number of nitrogens with zero attached hydrogens (tertiary/aromatic N) is 1. The van der Waals surface area contributed by atoms with E-state index < -0.39 is 0 Å². The number of aromatic nitrogens is 1. The number of fused-ring (bicyclic) bond motifs is 1. The van der Waals surface area contributed by atoms with Crippen LogP contribution in [-0.2, 0) is 6.42 Å². The van der Waals surface area contributed by atoms with Crippen LogP contribution >= 0.6 is 0 Å². The molecule has 2 aromatic carbocycles. The minimum absolute atomic E-state index is 0.0936. The first-order valence-corrected chi connectivity index (χ1v) is 6.89. The Morgan fingerprint density at radius 1 is 1.18 bits per heavy atom. The van der Waals surface area contributed by atoms with Gasteiger partial charge in [-0.2, -0.15) is 0 Å². The average molecular weight is 295 g/mol. The van der Waals surface area contributed by atoms with Crippen molar-refractivity contribution in [1.82, 2.24) is 4.98 Å². The molecular weight excluding hydrogens is 281 g/mol. The number of carbonyl (C=O) groups excluding carboxylic acids is 1. The van der Waals surface area contributed by atoms with Crippen LogP contribution in [0.5, 0.6) is 5.75 Å². The lowest BCUT2D eigenvalue weighted by molar-refractivity contribution is 0.112. The standard InChI is InChI=1S/C18H14FNO2/c1-11-6-14(10-21)18(22)17-16(11)8-13(9-20-17)7-12-2-4-15(19)5-3-12/h2-6,8-10,22H,7H2,1H3. The molecule has 0 radical (unpaired) electrons. The molecule has 3 nitrogen and oxygen atoms in total. The fraction of sp³-hybridized carbons (Fsp3) is 0.111. The summed E-state index contributed by atoms with van der Waals surface area (Å²) >= 11 is 0. The third-order valence-corrected chi connectivity index (χ3v) is 3.69. The molecule has 0 aliphatic carbocycles. The Kier molecular flexibility index (Phi) is 3.59. The van der Waals surface area contributed by atoms with Crippen LogP contribution in [0.4, 0.5) is 4.39 Å². The number of phenols is 1. The summed E-state index contributed by atoms with van der Waals surface area (Å²) in [6.07, 6.45) is 2.91. The molecule has 0 bridgehead atoms. The van der Waals surface area contributed by atoms with E-state index in [9.17, 15) is 14.3 Å². The van der Waals surface area contributed by atoms with Gasteiger partial charge in [0, 0.05) is 11.6 Å². The molecule has 0 amide bonds. The minimum Gasteiger partial charge on any atom is -0.505 e. The zero-order valence-electron chi connectivity index (χ0n) is 12.0. The highest BCUT2D eigenvalue weighted by molar-refractivity contribution is 5.95. The highest BCUT2D eigenvalue weighted by atomic mass is 19.1. The molecule has 0 unspecified atom stereocenters. The van der Waals surface area contributed by atoms with E-state index in [1.165, 1.54) is 12.1 Å². The van der Waals surface area contributed by atoms with Gasteiger partial charge in [-0.25, -0.2) is 4.39 Å². The molecule has 0 fully saturated rings. The smallest absolute Gasteiger partial charge is 0.153 e. The minimum atomic E-state index is -0.262. The van der Waals surface area contributed by atoms with Crippen LogP contribution in [0.2, 0.25) is 0 Å². The predicted octanol–water partition coefficient (Wildman–Crippen LogP) is 3.79. The first kappa shape index (κ1) is 14.2. The van der Waals surface area contributed by atoms with Crippen molar-refractivity contribution in [2.24, 2.45) is 0 Å². The lowest BCUT2D eigenvalue weighted by Gasteiger charge is -2.09. The van der Waals surface area contributed by atoms with Crippen molar-refractivity contribution in [1.29, 1.82) is 0 Å². The van der Waals surface area contributed by atoms with Crippen molar-refractivity contribution in [3.05, 3.63) is 70.7 Å². The fourth-order valence-corrected chi connectivity index (χ4v) is 2.54. The second-order valence-corrected chi connectivity index (χ2v) is 5.29. The zero-order chi connectivity index (χ0) is 15.7. The second kappa shape index (κ2) is 5.56. The van der Waals surface area contributed by atoms with Gasteiger partial charge in [-0.3, -0.25) is 9.78 Å². The van der Waals surface area contributed by atoms with Crippen LogP contribution in [-0.4, -0.2) is 16.4 Å². The summed E-state index contributed by atoms with van der Waals surface area (Å²) in [4.78, 5) is 15.2. The van der Waals surface area contributed by atoms with Crippen molar-refractivity contribution in [3.8, 4) is 5.75 Å². The van der Waals surface area contributed by atoms with E-state index >= 15 is 0 Å². The molecule has 1 heterocycles. The summed E-state index contributed by atoms with van der Waals surface area (Å²) < 4.78 is 12.9. The normalized spacial score (nSPS) is 10.8. The number of aldehydes is 1. The van der Waals surface area contributed by atoms with Crippen molar-refractivity contribution in [3.63, 3.8) is 0 Å². The molecule has 3 rings (SSSR count). The molecule has 0 saturated heterocycles. The molecular formula is C18H14FNO2. The molecule has 4 heteroatoms. The number of rotatable bonds is 3. The molecule has 0 spiro atoms. The largest absolute Gasteiger partial charge is 0.505 e. The van der Waals surface area contributed by atoms with Crippen molar-refractivity contribution in [2.45, 2.75) is 13.3 Å². The zero-order valence-corrected chi connectivity index (χ0v) is 12.0. The highest BCUT2D eigenvalue weighted by Crippen LogP contribution is 2.30. The van der Waals surface area contributed by atoms with E-state index in [1.807, 2.05) is 13.0 Å². The van der Waals surface area contributed by atoms with Crippen LogP contribution in [0.25, 0.3) is 10.9 Å². The molecule has 22 heavy (non-hydrogen) atoms. The Labute approximate surface area is 127 Å². The van der Waals surface area contributed by atoms with Crippen LogP contribution in [0.1, 0.15) is 27.0 Å². The maximum atomic E-state index is 12.9. The van der Waals surface area contributed by atoms with Gasteiger partial charge in [-0.15, -0.1) is 0 Å². The molecule has 0 atom stereocenters. The number of aromatic hydroxyl groups is 1. The van der Waals surface area contributed by atoms with E-state index in [0.717, 1.165) is 22.1 Å². The number of hydrogen-bond donors (Lipinski definition) is 1. The lowest BCUT2D eigenvalue weighted by atomic mass is 10.0. The average Bonchev–Trinajstić information content (AvgIpc) is 2.53. The predicted molar refractivity (Wildman–Crippen MR) is 82.7 cm³/mol. The van der Waals surface area contributed by atoms with Gasteiger partial charge in [0.25, 0.3) is 0 Å². The van der Waals surface area contributed by atoms with E-state index in [0.29, 0.717) is 18.2 Å². The van der Waals surface area contributed by atoms with E-state index in [1.54, 1.807) is 24.4 Å². The number of hydrogen-bond acceptors (Lipinski definition) is 3. The summed E-state index contributed by atoms with van der Waals surface area (Å²) in [6, 6.07) is 9.91. The highest BCUT2D eigenvalue weighted by Gasteiger charge is 2.11. The SMILES string of the molecule is Cc1cc(C=O)c(O)c2ncc(Cc3ccc(F)cc3)cc12. The molecule has 0 aliphatic rings. The van der Waals surface area contributed by atoms with Crippen molar-refractivity contribution < 1.29 is 14.3 Å². The Bertz CT molecular complexity index is 857. The van der Waals surface area contributed by atoms with Gasteiger partial charge in [0.2, 0.25) is 0 Å². The van der Waals surface area contributed by atoms with Gasteiger partial charge < -0.3 is 5.11 Å². The molecule has 0 aliphatic heterocycles. The monoisotopic (exact) mass is 295 g/mol. The second-order valence-electron chi connectivity index (χ2n) is 5.29. The van der Waals surface area contributed by atoms with E-state index in [-0.39, 0.29) is 17.1 Å². The maximum absolute atomic E-state index is 12.9. The topological polar surface area (TPSA) is 50.2 Å². The van der Waals surface area contributed by atoms with Crippen molar-refractivity contribution in [2.75, 3.05) is 0 Å². The van der Waals surface area contributed by atoms with Gasteiger partial charge in [0.1, 0.15) is 11.3 Å². The first-order valence-electron chi connectivity index (χ1n) is 6.89. The fourth-order valence-electron chi connectivity index (χ4n) is 2.54. The number of carbonyl (C=O) groups is 1. The summed E-state index contributed by atoms with van der Waals surface area (Å²) in [6.45, 7) is 1.87. The third kappa shape index (κ3) is 2.55. The summed E-state index contributed by atoms with van der Waals surface area (Å²) in [5.41, 5.74) is 3.48. The molecule has 0 saturated carbocycles. The summed E-state index contributed by atoms with van der Waals surface area (Å²) in [5.74, 6) is -0.355. The molecule has 1 aromatic heterocycles. The Morgan fingerprint density at radius 2 is 1.91 bits per heavy atom. The van der Waals surface area contributed by atoms with Gasteiger partial charge in [0.15, 0.2) is 12.0 Å². The summed E-state index contributed by atoms with van der Waals surface area (Å²) in [5, 5.41) is 10.9. The number of pyridine rings is 1. The van der Waals surface area contributed by atoms with Gasteiger partial charge >= 0.3 is 0 Å². The van der Waals surface area contributed by atoms with Crippen LogP contribution in [0.3, 0.4) is 0 Å². The number of halogens is 1. The molecule has 3 aromatic rings. The lowest BCUT2D eigenvalue weighted by Crippen LogP contribution is -1.94. The number of phenolic OH excluding ortho intramolecular Hbond substituents is 1. The Balaban J connectivity index is 2.04. The molecule has 110 valence electrons. The van der Waals surface area contributed by atoms with Crippen LogP contribution < -0.4 is 0 Å². The van der Waals surface area contributed by atoms with Crippen molar-refractivity contribution >= 4 is 17.2 Å². The number of benzene rings is 2. The quantitative estimate of drug-likeness (QED) is 0.748. The summed E-state index contributed by atoms with van der Waals surface area (Å²) in [7, 11) is 0. The number of aryl methyl sites for hydroxylation is 1. The van der Waals surface area contributed by atoms with Crippen LogP contribution in [0.15, 0.2) is 42.6 Å². The van der Waals surface area contributed by atoms with Gasteiger partial charge in [-0.1, -0.05) is 12.1 Å². The van der Waals surface area contributed by atoms with E-state index in [2.05, 4.69) is 4.98 Å². The van der Waals surface area contributed by atoms with E-state index in [4.69, 9.17) is 0 Å². The van der Waals surface area contributed by atoms with Gasteiger partial charge in [-0.05, 0) is 54.3 Å². The van der Waals surface area contributed by atoms with Crippen LogP contribution in [0, 0.1) is 12.7 Å². The van der Waals surface area contributed by atoms with Gasteiger partial charge in [0.05, 0.1) is 5.56 Å². The Morgan fingerprint density at radius 3 is 2.59 bits per heavy atom. The maximum Gasteiger partial charge on any atom is 0.153 e. The Hall–Kier alpha value is -2.75. The third-order valence-electron chi connectivity index (χ3n) is 3.69. The molecule has 1 N–H and O–H groups in total.